The zero-order chi connectivity index (χ0) is 19.0. The number of benzene rings is 1. The molecule has 8 nitrogen and oxygen atoms in total. The molecule has 0 aliphatic heterocycles. The lowest BCUT2D eigenvalue weighted by Gasteiger charge is -2.11. The number of hydrogen-bond donors (Lipinski definition) is 1. The number of methoxy groups -OCH3 is 1. The summed E-state index contributed by atoms with van der Waals surface area (Å²) >= 11 is 0. The van der Waals surface area contributed by atoms with Crippen molar-refractivity contribution in [3.05, 3.63) is 59.9 Å². The zero-order valence-corrected chi connectivity index (χ0v) is 15.1. The third-order valence-electron chi connectivity index (χ3n) is 4.24. The maximum Gasteiger partial charge on any atom is 0.261 e. The summed E-state index contributed by atoms with van der Waals surface area (Å²) in [5, 5.41) is 6.70. The van der Waals surface area contributed by atoms with Gasteiger partial charge >= 0.3 is 0 Å². The highest BCUT2D eigenvalue weighted by atomic mass is 16.5. The van der Waals surface area contributed by atoms with Crippen LogP contribution in [-0.4, -0.2) is 32.5 Å². The van der Waals surface area contributed by atoms with Crippen LogP contribution in [0, 0.1) is 13.8 Å². The molecule has 0 aliphatic carbocycles. The van der Waals surface area contributed by atoms with Crippen molar-refractivity contribution in [3.8, 4) is 17.0 Å². The summed E-state index contributed by atoms with van der Waals surface area (Å²) in [5.41, 5.74) is 3.05. The number of hydrogen-bond acceptors (Lipinski definition) is 6. The second-order valence-electron chi connectivity index (χ2n) is 6.02. The lowest BCUT2D eigenvalue weighted by atomic mass is 10.1. The highest BCUT2D eigenvalue weighted by Gasteiger charge is 2.19. The molecule has 1 amide bonds. The van der Waals surface area contributed by atoms with Gasteiger partial charge in [-0.25, -0.2) is 9.97 Å². The smallest absolute Gasteiger partial charge is 0.261 e. The molecule has 0 unspecified atom stereocenters. The third kappa shape index (κ3) is 3.01. The average Bonchev–Trinajstić information content (AvgIpc) is 3.24. The molecular formula is C19H17N5O3. The van der Waals surface area contributed by atoms with Crippen molar-refractivity contribution in [3.63, 3.8) is 0 Å². The fourth-order valence-electron chi connectivity index (χ4n) is 2.93. The van der Waals surface area contributed by atoms with E-state index in [1.54, 1.807) is 33.2 Å². The molecule has 0 radical (unpaired) electrons. The van der Waals surface area contributed by atoms with Crippen LogP contribution in [0.5, 0.6) is 5.75 Å². The first-order valence-corrected chi connectivity index (χ1v) is 8.29. The molecule has 4 rings (SSSR count). The minimum atomic E-state index is -0.307. The van der Waals surface area contributed by atoms with Crippen LogP contribution in [-0.2, 0) is 0 Å². The predicted octanol–water partition coefficient (Wildman–Crippen LogP) is 3.26. The molecule has 3 heterocycles. The Balaban J connectivity index is 1.72. The van der Waals surface area contributed by atoms with E-state index in [9.17, 15) is 4.79 Å². The zero-order valence-electron chi connectivity index (χ0n) is 15.1. The summed E-state index contributed by atoms with van der Waals surface area (Å²) in [5.74, 6) is 1.30. The molecule has 0 saturated carbocycles. The Morgan fingerprint density at radius 2 is 2.15 bits per heavy atom. The molecule has 0 aliphatic rings. The van der Waals surface area contributed by atoms with Gasteiger partial charge in [-0.15, -0.1) is 0 Å². The number of ether oxygens (including phenoxy) is 1. The van der Waals surface area contributed by atoms with Gasteiger partial charge in [0.15, 0.2) is 0 Å². The van der Waals surface area contributed by atoms with Crippen LogP contribution >= 0.6 is 0 Å². The van der Waals surface area contributed by atoms with E-state index in [0.717, 1.165) is 11.3 Å². The number of rotatable bonds is 4. The van der Waals surface area contributed by atoms with Crippen LogP contribution in [0.1, 0.15) is 21.8 Å². The molecule has 3 aromatic heterocycles. The normalized spacial score (nSPS) is 10.9. The van der Waals surface area contributed by atoms with E-state index >= 15 is 0 Å². The summed E-state index contributed by atoms with van der Waals surface area (Å²) < 4.78 is 12.3. The summed E-state index contributed by atoms with van der Waals surface area (Å²) in [4.78, 5) is 21.4. The van der Waals surface area contributed by atoms with E-state index in [-0.39, 0.29) is 5.91 Å². The minimum absolute atomic E-state index is 0.307. The number of anilines is 1. The topological polar surface area (TPSA) is 94.6 Å². The maximum absolute atomic E-state index is 12.7. The van der Waals surface area contributed by atoms with Crippen LogP contribution in [0.25, 0.3) is 17.0 Å². The lowest BCUT2D eigenvalue weighted by molar-refractivity contribution is 0.102. The van der Waals surface area contributed by atoms with Crippen molar-refractivity contribution in [1.82, 2.24) is 19.5 Å². The van der Waals surface area contributed by atoms with Crippen molar-refractivity contribution in [2.24, 2.45) is 0 Å². The number of carbonyl (C=O) groups is 1. The molecule has 1 N–H and O–H groups in total. The molecule has 0 fully saturated rings. The van der Waals surface area contributed by atoms with E-state index in [4.69, 9.17) is 9.26 Å². The Morgan fingerprint density at radius 3 is 2.85 bits per heavy atom. The van der Waals surface area contributed by atoms with Crippen molar-refractivity contribution in [1.29, 1.82) is 0 Å². The fourth-order valence-corrected chi connectivity index (χ4v) is 2.93. The van der Waals surface area contributed by atoms with Gasteiger partial charge in [0.2, 0.25) is 5.78 Å². The molecule has 4 aromatic rings. The summed E-state index contributed by atoms with van der Waals surface area (Å²) in [6.07, 6.45) is 5.45. The summed E-state index contributed by atoms with van der Waals surface area (Å²) in [6, 6.07) is 7.32. The Hall–Kier alpha value is -3.68. The van der Waals surface area contributed by atoms with Crippen LogP contribution < -0.4 is 10.1 Å². The van der Waals surface area contributed by atoms with Crippen LogP contribution in [0.3, 0.4) is 0 Å². The van der Waals surface area contributed by atoms with Crippen molar-refractivity contribution >= 4 is 17.4 Å². The summed E-state index contributed by atoms with van der Waals surface area (Å²) in [6.45, 7) is 3.43. The Morgan fingerprint density at radius 1 is 1.30 bits per heavy atom. The number of aromatic nitrogens is 4. The Kier molecular flexibility index (Phi) is 4.08. The lowest BCUT2D eigenvalue weighted by Crippen LogP contribution is -2.14. The third-order valence-corrected chi connectivity index (χ3v) is 4.24. The first-order valence-electron chi connectivity index (χ1n) is 8.29. The van der Waals surface area contributed by atoms with Gasteiger partial charge in [0.05, 0.1) is 24.2 Å². The Bertz CT molecular complexity index is 1090. The predicted molar refractivity (Wildman–Crippen MR) is 98.9 cm³/mol. The number of carbonyl (C=O) groups excluding carboxylic acids is 1. The molecular weight excluding hydrogens is 346 g/mol. The standard InChI is InChI=1S/C19H17N5O3/c1-11-17(12(2)27-23-11)18(25)21-14-9-13(5-6-16(14)26-3)15-10-24-8-4-7-20-19(24)22-15/h4-10H,1-3H3,(H,21,25). The highest BCUT2D eigenvalue weighted by molar-refractivity contribution is 6.06. The average molecular weight is 363 g/mol. The van der Waals surface area contributed by atoms with Gasteiger partial charge in [0, 0.05) is 24.2 Å². The van der Waals surface area contributed by atoms with Gasteiger partial charge in [0.25, 0.3) is 5.91 Å². The van der Waals surface area contributed by atoms with E-state index in [2.05, 4.69) is 20.4 Å². The SMILES string of the molecule is COc1ccc(-c2cn3cccnc3n2)cc1NC(=O)c1c(C)noc1C. The monoisotopic (exact) mass is 363 g/mol. The number of nitrogens with one attached hydrogen (secondary N) is 1. The van der Waals surface area contributed by atoms with Crippen molar-refractivity contribution in [2.45, 2.75) is 13.8 Å². The molecule has 0 bridgehead atoms. The van der Waals surface area contributed by atoms with Crippen molar-refractivity contribution in [2.75, 3.05) is 12.4 Å². The van der Waals surface area contributed by atoms with E-state index in [1.165, 1.54) is 0 Å². The molecule has 1 aromatic carbocycles. The quantitative estimate of drug-likeness (QED) is 0.598. The number of fused-ring (bicyclic) bond motifs is 1. The summed E-state index contributed by atoms with van der Waals surface area (Å²) in [7, 11) is 1.55. The molecule has 0 saturated heterocycles. The second kappa shape index (κ2) is 6.56. The number of imidazole rings is 1. The molecule has 0 atom stereocenters. The van der Waals surface area contributed by atoms with Crippen molar-refractivity contribution < 1.29 is 14.1 Å². The highest BCUT2D eigenvalue weighted by Crippen LogP contribution is 2.31. The van der Waals surface area contributed by atoms with Gasteiger partial charge in [-0.05, 0) is 38.1 Å². The number of nitrogens with zero attached hydrogens (tertiary/aromatic N) is 4. The molecule has 27 heavy (non-hydrogen) atoms. The van der Waals surface area contributed by atoms with Gasteiger partial charge in [-0.2, -0.15) is 0 Å². The largest absolute Gasteiger partial charge is 0.495 e. The second-order valence-corrected chi connectivity index (χ2v) is 6.02. The Labute approximate surface area is 154 Å². The number of amides is 1. The van der Waals surface area contributed by atoms with Gasteiger partial charge in [-0.3, -0.25) is 9.20 Å². The van der Waals surface area contributed by atoms with Crippen LogP contribution in [0.4, 0.5) is 5.69 Å². The van der Waals surface area contributed by atoms with Crippen LogP contribution in [0.2, 0.25) is 0 Å². The van der Waals surface area contributed by atoms with E-state index < -0.39 is 0 Å². The maximum atomic E-state index is 12.7. The molecule has 8 heteroatoms. The first-order chi connectivity index (χ1) is 13.1. The minimum Gasteiger partial charge on any atom is -0.495 e. The van der Waals surface area contributed by atoms with Gasteiger partial charge in [-0.1, -0.05) is 5.16 Å². The fraction of sp³-hybridized carbons (Fsp3) is 0.158. The first kappa shape index (κ1) is 16.8. The van der Waals surface area contributed by atoms with E-state index in [0.29, 0.717) is 34.2 Å². The molecule has 0 spiro atoms. The van der Waals surface area contributed by atoms with Gasteiger partial charge < -0.3 is 14.6 Å². The van der Waals surface area contributed by atoms with E-state index in [1.807, 2.05) is 35.0 Å². The molecule has 136 valence electrons. The number of aryl methyl sites for hydroxylation is 2. The van der Waals surface area contributed by atoms with Crippen LogP contribution in [0.15, 0.2) is 47.4 Å². The van der Waals surface area contributed by atoms with Gasteiger partial charge in [0.1, 0.15) is 17.1 Å².